The van der Waals surface area contributed by atoms with Gasteiger partial charge in [0.25, 0.3) is 5.91 Å². The van der Waals surface area contributed by atoms with Crippen LogP contribution < -0.4 is 14.4 Å². The van der Waals surface area contributed by atoms with Crippen LogP contribution in [0.4, 0.5) is 5.69 Å². The average molecular weight is 669 g/mol. The van der Waals surface area contributed by atoms with E-state index >= 15 is 0 Å². The zero-order valence-corrected chi connectivity index (χ0v) is 28.1. The van der Waals surface area contributed by atoms with Gasteiger partial charge in [0.05, 0.1) is 29.8 Å². The summed E-state index contributed by atoms with van der Waals surface area (Å²) in [4.78, 5) is 16.0. The first-order valence-electron chi connectivity index (χ1n) is 16.9. The number of ether oxygens (including phenoxy) is 2. The van der Waals surface area contributed by atoms with Gasteiger partial charge in [-0.15, -0.1) is 0 Å². The van der Waals surface area contributed by atoms with Crippen LogP contribution in [-0.4, -0.2) is 63.2 Å². The van der Waals surface area contributed by atoms with Crippen LogP contribution in [0.1, 0.15) is 79.8 Å². The van der Waals surface area contributed by atoms with Gasteiger partial charge in [0.1, 0.15) is 5.75 Å². The van der Waals surface area contributed by atoms with Gasteiger partial charge in [-0.1, -0.05) is 36.7 Å². The molecule has 2 N–H and O–H groups in total. The normalized spacial score (nSPS) is 34.8. The predicted molar refractivity (Wildman–Crippen MR) is 179 cm³/mol. The number of benzene rings is 2. The largest absolute Gasteiger partial charge is 0.490 e. The number of aliphatic hydroxyl groups excluding tert-OH is 1. The Kier molecular flexibility index (Phi) is 8.89. The number of fused-ring (bicyclic) bond motifs is 4. The maximum absolute atomic E-state index is 13.9. The molecule has 7 atom stereocenters. The minimum absolute atomic E-state index is 0.110. The first-order chi connectivity index (χ1) is 22.1. The fraction of sp³-hybridized carbons (Fsp3) is 0.583. The first-order valence-corrected chi connectivity index (χ1v) is 18.9. The van der Waals surface area contributed by atoms with Crippen molar-refractivity contribution in [1.29, 1.82) is 0 Å². The molecule has 248 valence electrons. The number of carbonyl (C=O) groups is 1. The number of amides is 1. The molecule has 8 nitrogen and oxygen atoms in total. The molecule has 1 spiro atoms. The lowest BCUT2D eigenvalue weighted by Gasteiger charge is -2.45. The molecule has 2 fully saturated rings. The number of rotatable bonds is 2. The number of nitrogens with one attached hydrogen (secondary N) is 1. The van der Waals surface area contributed by atoms with Crippen LogP contribution in [0.5, 0.6) is 5.75 Å². The SMILES string of the molecule is C[C@@H]1C/C=C\[C@H](O)[C@@H]2CC[C@H]2CN2C[C@@]3(CCCc4cc(Cl)ccc43)COc3ccc(cc32)C(=O)NS(=O)(=O)[C@H]1C[C@H]1CCCO1. The molecule has 2 aromatic rings. The highest BCUT2D eigenvalue weighted by molar-refractivity contribution is 7.90. The minimum atomic E-state index is -4.04. The summed E-state index contributed by atoms with van der Waals surface area (Å²) >= 11 is 6.41. The summed E-state index contributed by atoms with van der Waals surface area (Å²) < 4.78 is 42.5. The number of anilines is 1. The van der Waals surface area contributed by atoms with Crippen LogP contribution >= 0.6 is 11.6 Å². The third-order valence-electron chi connectivity index (χ3n) is 11.3. The minimum Gasteiger partial charge on any atom is -0.490 e. The monoisotopic (exact) mass is 668 g/mol. The van der Waals surface area contributed by atoms with Crippen molar-refractivity contribution in [2.75, 3.05) is 31.2 Å². The predicted octanol–water partition coefficient (Wildman–Crippen LogP) is 5.79. The van der Waals surface area contributed by atoms with Crippen LogP contribution in [-0.2, 0) is 26.6 Å². The van der Waals surface area contributed by atoms with E-state index in [9.17, 15) is 18.3 Å². The molecule has 1 saturated heterocycles. The fourth-order valence-corrected chi connectivity index (χ4v) is 10.5. The van der Waals surface area contributed by atoms with Crippen LogP contribution in [0.25, 0.3) is 0 Å². The Morgan fingerprint density at radius 2 is 2.00 bits per heavy atom. The highest BCUT2D eigenvalue weighted by atomic mass is 35.5. The summed E-state index contributed by atoms with van der Waals surface area (Å²) in [5.74, 6) is 0.149. The number of aliphatic hydroxyl groups is 1. The van der Waals surface area contributed by atoms with Gasteiger partial charge in [-0.25, -0.2) is 13.1 Å². The van der Waals surface area contributed by atoms with Gasteiger partial charge in [0, 0.05) is 35.7 Å². The number of nitrogens with zero attached hydrogens (tertiary/aromatic N) is 1. The molecule has 1 amide bonds. The summed E-state index contributed by atoms with van der Waals surface area (Å²) in [5.41, 5.74) is 3.31. The molecule has 0 unspecified atom stereocenters. The van der Waals surface area contributed by atoms with Crippen molar-refractivity contribution in [3.05, 3.63) is 70.3 Å². The molecule has 0 radical (unpaired) electrons. The maximum Gasteiger partial charge on any atom is 0.264 e. The lowest BCUT2D eigenvalue weighted by molar-refractivity contribution is 0.0455. The Labute approximate surface area is 277 Å². The molecule has 1 saturated carbocycles. The molecular weight excluding hydrogens is 624 g/mol. The van der Waals surface area contributed by atoms with Gasteiger partial charge in [-0.05, 0) is 117 Å². The highest BCUT2D eigenvalue weighted by Gasteiger charge is 2.44. The Hall–Kier alpha value is -2.59. The summed E-state index contributed by atoms with van der Waals surface area (Å²) in [6.45, 7) is 4.42. The van der Waals surface area contributed by atoms with E-state index in [1.165, 1.54) is 11.1 Å². The standard InChI is InChI=1S/C36H45ClN2O6S/c1-23-5-2-8-32(40)29-12-9-26(29)20-39-21-36(15-3-6-24-17-27(37)11-13-30(24)36)22-45-33-14-10-25(18-31(33)39)35(41)38-46(42,43)34(23)19-28-7-4-16-44-28/h2,8,10-11,13-14,17-18,23,26,28-29,32,34,40H,3-7,9,12,15-16,19-22H2,1H3,(H,38,41)/b8-2-/t23-,26+,28-,29-,32+,34+,36+/m1/s1. The van der Waals surface area contributed by atoms with Crippen molar-refractivity contribution in [1.82, 2.24) is 4.72 Å². The number of carbonyl (C=O) groups excluding carboxylic acids is 1. The molecule has 10 heteroatoms. The van der Waals surface area contributed by atoms with Crippen molar-refractivity contribution in [3.8, 4) is 5.75 Å². The maximum atomic E-state index is 13.9. The smallest absolute Gasteiger partial charge is 0.264 e. The van der Waals surface area contributed by atoms with Crippen LogP contribution in [0.15, 0.2) is 48.6 Å². The molecule has 7 rings (SSSR count). The molecule has 3 heterocycles. The summed E-state index contributed by atoms with van der Waals surface area (Å²) in [6.07, 6.45) is 10.4. The van der Waals surface area contributed by atoms with Gasteiger partial charge in [-0.2, -0.15) is 0 Å². The molecule has 3 aliphatic heterocycles. The third-order valence-corrected chi connectivity index (χ3v) is 13.5. The van der Waals surface area contributed by atoms with Gasteiger partial charge in [-0.3, -0.25) is 4.79 Å². The Bertz CT molecular complexity index is 1610. The van der Waals surface area contributed by atoms with Crippen LogP contribution in [0.2, 0.25) is 5.02 Å². The number of halogens is 1. The highest BCUT2D eigenvalue weighted by Crippen LogP contribution is 2.47. The summed E-state index contributed by atoms with van der Waals surface area (Å²) in [7, 11) is -4.04. The topological polar surface area (TPSA) is 105 Å². The second-order valence-electron chi connectivity index (χ2n) is 14.3. The lowest BCUT2D eigenvalue weighted by atomic mass is 9.68. The van der Waals surface area contributed by atoms with Crippen molar-refractivity contribution in [2.45, 2.75) is 87.6 Å². The van der Waals surface area contributed by atoms with E-state index in [1.807, 2.05) is 25.1 Å². The summed E-state index contributed by atoms with van der Waals surface area (Å²) in [5, 5.41) is 11.2. The van der Waals surface area contributed by atoms with Gasteiger partial charge in [0.15, 0.2) is 0 Å². The molecule has 0 aromatic heterocycles. The summed E-state index contributed by atoms with van der Waals surface area (Å²) in [6, 6.07) is 11.4. The van der Waals surface area contributed by atoms with Crippen molar-refractivity contribution in [3.63, 3.8) is 0 Å². The Balaban J connectivity index is 1.27. The quantitative estimate of drug-likeness (QED) is 0.390. The van der Waals surface area contributed by atoms with Crippen LogP contribution in [0.3, 0.4) is 0 Å². The second kappa shape index (κ2) is 12.8. The van der Waals surface area contributed by atoms with Crippen molar-refractivity contribution < 1.29 is 27.8 Å². The van der Waals surface area contributed by atoms with Crippen molar-refractivity contribution >= 4 is 33.2 Å². The number of aryl methyl sites for hydroxylation is 1. The Morgan fingerprint density at radius 3 is 2.78 bits per heavy atom. The molecule has 2 bridgehead atoms. The average Bonchev–Trinajstić information content (AvgIpc) is 3.47. The van der Waals surface area contributed by atoms with E-state index in [4.69, 9.17) is 21.1 Å². The van der Waals surface area contributed by atoms with Gasteiger partial charge in [0.2, 0.25) is 10.0 Å². The van der Waals surface area contributed by atoms with Crippen LogP contribution in [0, 0.1) is 17.8 Å². The fourth-order valence-electron chi connectivity index (χ4n) is 8.55. The third kappa shape index (κ3) is 6.20. The van der Waals surface area contributed by atoms with E-state index in [1.54, 1.807) is 18.2 Å². The van der Waals surface area contributed by atoms with E-state index < -0.39 is 27.3 Å². The van der Waals surface area contributed by atoms with E-state index in [0.29, 0.717) is 44.9 Å². The lowest BCUT2D eigenvalue weighted by Crippen LogP contribution is -2.49. The van der Waals surface area contributed by atoms with Gasteiger partial charge < -0.3 is 19.5 Å². The van der Waals surface area contributed by atoms with E-state index in [2.05, 4.69) is 21.8 Å². The molecule has 2 aliphatic carbocycles. The van der Waals surface area contributed by atoms with Crippen molar-refractivity contribution in [2.24, 2.45) is 17.8 Å². The van der Waals surface area contributed by atoms with E-state index in [0.717, 1.165) is 55.7 Å². The Morgan fingerprint density at radius 1 is 1.13 bits per heavy atom. The number of hydrogen-bond acceptors (Lipinski definition) is 7. The molecule has 5 aliphatic rings. The van der Waals surface area contributed by atoms with Gasteiger partial charge >= 0.3 is 0 Å². The zero-order chi connectivity index (χ0) is 32.1. The second-order valence-corrected chi connectivity index (χ2v) is 16.6. The number of hydrogen-bond donors (Lipinski definition) is 2. The molecule has 2 aromatic carbocycles. The number of allylic oxidation sites excluding steroid dienone is 1. The zero-order valence-electron chi connectivity index (χ0n) is 26.5. The molecule has 46 heavy (non-hydrogen) atoms. The number of sulfonamides is 1. The molecular formula is C36H45ClN2O6S. The van der Waals surface area contributed by atoms with E-state index in [-0.39, 0.29) is 34.8 Å². The first kappa shape index (κ1) is 32.0.